The number of carbonyl (C=O) groups is 1. The molecule has 0 bridgehead atoms. The van der Waals surface area contributed by atoms with Crippen molar-refractivity contribution in [2.45, 2.75) is 34.1 Å². The molecule has 6 nitrogen and oxygen atoms in total. The third-order valence-corrected chi connectivity index (χ3v) is 2.71. The van der Waals surface area contributed by atoms with Gasteiger partial charge in [-0.2, -0.15) is 5.10 Å². The summed E-state index contributed by atoms with van der Waals surface area (Å²) in [5.74, 6) is 0.100. The Labute approximate surface area is 118 Å². The fourth-order valence-electron chi connectivity index (χ4n) is 1.85. The molecular formula is C14H19N3O3. The van der Waals surface area contributed by atoms with Crippen molar-refractivity contribution in [1.82, 2.24) is 5.43 Å². The van der Waals surface area contributed by atoms with E-state index in [4.69, 9.17) is 0 Å². The molecule has 20 heavy (non-hydrogen) atoms. The Hall–Kier alpha value is -2.24. The second-order valence-corrected chi connectivity index (χ2v) is 5.14. The number of aryl methyl sites for hydroxylation is 1. The van der Waals surface area contributed by atoms with Crippen LogP contribution in [0.2, 0.25) is 0 Å². The Morgan fingerprint density at radius 3 is 2.60 bits per heavy atom. The highest BCUT2D eigenvalue weighted by atomic mass is 16.6. The minimum atomic E-state index is -0.470. The molecule has 0 aliphatic carbocycles. The molecule has 108 valence electrons. The normalized spacial score (nSPS) is 11.6. The van der Waals surface area contributed by atoms with Crippen molar-refractivity contribution in [2.75, 3.05) is 0 Å². The summed E-state index contributed by atoms with van der Waals surface area (Å²) in [6.07, 6.45) is 0.805. The lowest BCUT2D eigenvalue weighted by molar-refractivity contribution is -0.385. The first-order valence-electron chi connectivity index (χ1n) is 6.39. The number of rotatable bonds is 5. The van der Waals surface area contributed by atoms with Gasteiger partial charge in [0.15, 0.2) is 0 Å². The number of carbonyl (C=O) groups excluding carboxylic acids is 1. The van der Waals surface area contributed by atoms with Gasteiger partial charge >= 0.3 is 0 Å². The van der Waals surface area contributed by atoms with E-state index < -0.39 is 4.92 Å². The first-order valence-corrected chi connectivity index (χ1v) is 6.39. The largest absolute Gasteiger partial charge is 0.272 e. The fourth-order valence-corrected chi connectivity index (χ4v) is 1.85. The highest BCUT2D eigenvalue weighted by Crippen LogP contribution is 2.18. The van der Waals surface area contributed by atoms with E-state index in [1.54, 1.807) is 6.92 Å². The second-order valence-electron chi connectivity index (χ2n) is 5.14. The molecule has 1 N–H and O–H groups in total. The van der Waals surface area contributed by atoms with E-state index in [1.807, 2.05) is 6.92 Å². The molecule has 0 aliphatic rings. The molecule has 0 unspecified atom stereocenters. The molecule has 0 aliphatic heterocycles. The Morgan fingerprint density at radius 2 is 2.10 bits per heavy atom. The molecule has 1 aromatic carbocycles. The molecule has 1 aromatic rings. The standard InChI is InChI=1S/C14H19N3O3/c1-9(2)7-11(4)15-16-14(18)12-5-6-13(17(19)20)10(3)8-12/h5-6,8-9H,7H2,1-4H3,(H,16,18)/b15-11+. The summed E-state index contributed by atoms with van der Waals surface area (Å²) >= 11 is 0. The Kier molecular flexibility index (Phi) is 5.37. The van der Waals surface area contributed by atoms with Gasteiger partial charge in [-0.15, -0.1) is 0 Å². The summed E-state index contributed by atoms with van der Waals surface area (Å²) in [4.78, 5) is 22.1. The van der Waals surface area contributed by atoms with Crippen molar-refractivity contribution in [3.05, 3.63) is 39.4 Å². The van der Waals surface area contributed by atoms with Gasteiger partial charge in [0.2, 0.25) is 0 Å². The van der Waals surface area contributed by atoms with Gasteiger partial charge in [0.1, 0.15) is 0 Å². The van der Waals surface area contributed by atoms with E-state index in [1.165, 1.54) is 18.2 Å². The molecule has 1 amide bonds. The first kappa shape index (κ1) is 15.8. The number of hydrogen-bond acceptors (Lipinski definition) is 4. The van der Waals surface area contributed by atoms with Gasteiger partial charge in [0.25, 0.3) is 11.6 Å². The number of nitro benzene ring substituents is 1. The topological polar surface area (TPSA) is 84.6 Å². The van der Waals surface area contributed by atoms with Crippen molar-refractivity contribution >= 4 is 17.3 Å². The number of hydrogen-bond donors (Lipinski definition) is 1. The smallest absolute Gasteiger partial charge is 0.267 e. The van der Waals surface area contributed by atoms with Crippen LogP contribution in [0.4, 0.5) is 5.69 Å². The van der Waals surface area contributed by atoms with E-state index in [-0.39, 0.29) is 11.6 Å². The summed E-state index contributed by atoms with van der Waals surface area (Å²) in [6.45, 7) is 7.59. The van der Waals surface area contributed by atoms with Crippen LogP contribution in [0.15, 0.2) is 23.3 Å². The quantitative estimate of drug-likeness (QED) is 0.510. The van der Waals surface area contributed by atoms with Gasteiger partial charge in [-0.25, -0.2) is 5.43 Å². The summed E-state index contributed by atoms with van der Waals surface area (Å²) in [6, 6.07) is 4.24. The minimum Gasteiger partial charge on any atom is -0.267 e. The minimum absolute atomic E-state index is 0.000963. The van der Waals surface area contributed by atoms with Crippen LogP contribution in [-0.4, -0.2) is 16.5 Å². The zero-order chi connectivity index (χ0) is 15.3. The lowest BCUT2D eigenvalue weighted by atomic mass is 10.1. The van der Waals surface area contributed by atoms with E-state index in [0.29, 0.717) is 17.0 Å². The molecule has 0 spiro atoms. The zero-order valence-corrected chi connectivity index (χ0v) is 12.1. The molecule has 0 radical (unpaired) electrons. The Bertz CT molecular complexity index is 551. The van der Waals surface area contributed by atoms with Crippen molar-refractivity contribution in [3.63, 3.8) is 0 Å². The Morgan fingerprint density at radius 1 is 1.45 bits per heavy atom. The molecule has 0 saturated heterocycles. The van der Waals surface area contributed by atoms with Crippen LogP contribution >= 0.6 is 0 Å². The van der Waals surface area contributed by atoms with E-state index in [2.05, 4.69) is 24.4 Å². The van der Waals surface area contributed by atoms with Gasteiger partial charge in [-0.1, -0.05) is 13.8 Å². The number of nitro groups is 1. The zero-order valence-electron chi connectivity index (χ0n) is 12.1. The van der Waals surface area contributed by atoms with Crippen LogP contribution < -0.4 is 5.43 Å². The third kappa shape index (κ3) is 4.46. The van der Waals surface area contributed by atoms with Crippen LogP contribution in [0.3, 0.4) is 0 Å². The van der Waals surface area contributed by atoms with E-state index in [0.717, 1.165) is 12.1 Å². The van der Waals surface area contributed by atoms with E-state index >= 15 is 0 Å². The van der Waals surface area contributed by atoms with Gasteiger partial charge < -0.3 is 0 Å². The third-order valence-electron chi connectivity index (χ3n) is 2.71. The van der Waals surface area contributed by atoms with Gasteiger partial charge in [-0.3, -0.25) is 14.9 Å². The summed E-state index contributed by atoms with van der Waals surface area (Å²) in [7, 11) is 0. The van der Waals surface area contributed by atoms with Crippen molar-refractivity contribution in [1.29, 1.82) is 0 Å². The Balaban J connectivity index is 2.79. The second kappa shape index (κ2) is 6.79. The predicted molar refractivity (Wildman–Crippen MR) is 77.9 cm³/mol. The molecule has 0 saturated carbocycles. The summed E-state index contributed by atoms with van der Waals surface area (Å²) < 4.78 is 0. The molecular weight excluding hydrogens is 258 g/mol. The highest BCUT2D eigenvalue weighted by molar-refractivity contribution is 5.95. The SMILES string of the molecule is C/C(CC(C)C)=N\NC(=O)c1ccc([N+](=O)[O-])c(C)c1. The lowest BCUT2D eigenvalue weighted by Gasteiger charge is -2.05. The molecule has 6 heteroatoms. The average Bonchev–Trinajstić information content (AvgIpc) is 2.34. The first-order chi connectivity index (χ1) is 9.31. The summed E-state index contributed by atoms with van der Waals surface area (Å²) in [5.41, 5.74) is 4.11. The maximum atomic E-state index is 11.9. The van der Waals surface area contributed by atoms with Crippen molar-refractivity contribution < 1.29 is 9.72 Å². The maximum Gasteiger partial charge on any atom is 0.272 e. The van der Waals surface area contributed by atoms with Crippen LogP contribution in [0.1, 0.15) is 43.1 Å². The number of nitrogens with zero attached hydrogens (tertiary/aromatic N) is 2. The van der Waals surface area contributed by atoms with Crippen molar-refractivity contribution in [3.8, 4) is 0 Å². The van der Waals surface area contributed by atoms with Crippen LogP contribution in [0.25, 0.3) is 0 Å². The molecule has 0 aromatic heterocycles. The predicted octanol–water partition coefficient (Wildman–Crippen LogP) is 3.06. The van der Waals surface area contributed by atoms with Gasteiger partial charge in [0.05, 0.1) is 4.92 Å². The van der Waals surface area contributed by atoms with Gasteiger partial charge in [-0.05, 0) is 38.3 Å². The number of amides is 1. The average molecular weight is 277 g/mol. The number of benzene rings is 1. The molecule has 0 fully saturated rings. The van der Waals surface area contributed by atoms with Crippen LogP contribution in [0, 0.1) is 23.0 Å². The number of nitrogens with one attached hydrogen (secondary N) is 1. The maximum absolute atomic E-state index is 11.9. The van der Waals surface area contributed by atoms with Gasteiger partial charge in [0, 0.05) is 22.9 Å². The van der Waals surface area contributed by atoms with Crippen LogP contribution in [0.5, 0.6) is 0 Å². The van der Waals surface area contributed by atoms with E-state index in [9.17, 15) is 14.9 Å². The fraction of sp³-hybridized carbons (Fsp3) is 0.429. The van der Waals surface area contributed by atoms with Crippen LogP contribution in [-0.2, 0) is 0 Å². The molecule has 0 atom stereocenters. The number of hydrazone groups is 1. The monoisotopic (exact) mass is 277 g/mol. The lowest BCUT2D eigenvalue weighted by Crippen LogP contribution is -2.19. The van der Waals surface area contributed by atoms with Crippen molar-refractivity contribution in [2.24, 2.45) is 11.0 Å². The highest BCUT2D eigenvalue weighted by Gasteiger charge is 2.13. The molecule has 0 heterocycles. The summed E-state index contributed by atoms with van der Waals surface area (Å²) in [5, 5.41) is 14.7. The molecule has 1 rings (SSSR count).